The molecule has 0 bridgehead atoms. The fraction of sp³-hybridized carbons (Fsp3) is 0.500. The van der Waals surface area contributed by atoms with Crippen LogP contribution in [0.4, 0.5) is 0 Å². The van der Waals surface area contributed by atoms with E-state index < -0.39 is 0 Å². The number of amides is 1. The van der Waals surface area contributed by atoms with Crippen molar-refractivity contribution in [3.8, 4) is 5.75 Å². The van der Waals surface area contributed by atoms with Gasteiger partial charge in [0, 0.05) is 33.1 Å². The summed E-state index contributed by atoms with van der Waals surface area (Å²) < 4.78 is 8.28. The maximum Gasteiger partial charge on any atom is 0.345 e. The van der Waals surface area contributed by atoms with Gasteiger partial charge in [-0.25, -0.2) is 9.48 Å². The van der Waals surface area contributed by atoms with Gasteiger partial charge in [-0.2, -0.15) is 5.10 Å². The van der Waals surface area contributed by atoms with Crippen molar-refractivity contribution in [3.63, 3.8) is 0 Å². The number of methoxy groups -OCH3 is 1. The first kappa shape index (κ1) is 15.9. The maximum absolute atomic E-state index is 13.0. The zero-order valence-electron chi connectivity index (χ0n) is 14.6. The molecule has 7 nitrogen and oxygen atoms in total. The molecule has 0 aliphatic carbocycles. The normalized spacial score (nSPS) is 19.3. The highest BCUT2D eigenvalue weighted by Gasteiger charge is 2.32. The number of carbonyl (C=O) groups is 1. The highest BCUT2D eigenvalue weighted by Crippen LogP contribution is 2.26. The van der Waals surface area contributed by atoms with Crippen LogP contribution in [0, 0.1) is 5.92 Å². The molecule has 0 N–H and O–H groups in total. The monoisotopic (exact) mass is 342 g/mol. The van der Waals surface area contributed by atoms with Gasteiger partial charge in [-0.3, -0.25) is 9.36 Å². The van der Waals surface area contributed by atoms with E-state index >= 15 is 0 Å². The highest BCUT2D eigenvalue weighted by molar-refractivity contribution is 5.79. The zero-order valence-corrected chi connectivity index (χ0v) is 14.6. The summed E-state index contributed by atoms with van der Waals surface area (Å²) in [7, 11) is 3.32. The molecule has 4 rings (SSSR count). The summed E-state index contributed by atoms with van der Waals surface area (Å²) in [6.45, 7) is 1.78. The molecule has 132 valence electrons. The van der Waals surface area contributed by atoms with Crippen molar-refractivity contribution in [3.05, 3.63) is 45.6 Å². The highest BCUT2D eigenvalue weighted by atomic mass is 16.5. The largest absolute Gasteiger partial charge is 0.497 e. The van der Waals surface area contributed by atoms with E-state index in [2.05, 4.69) is 11.2 Å². The van der Waals surface area contributed by atoms with Crippen molar-refractivity contribution >= 4 is 5.91 Å². The van der Waals surface area contributed by atoms with Gasteiger partial charge in [-0.1, -0.05) is 6.07 Å². The fourth-order valence-electron chi connectivity index (χ4n) is 3.84. The minimum atomic E-state index is -0.144. The van der Waals surface area contributed by atoms with E-state index in [-0.39, 0.29) is 17.5 Å². The number of aromatic nitrogens is 3. The van der Waals surface area contributed by atoms with Crippen LogP contribution in [0.2, 0.25) is 0 Å². The molecule has 25 heavy (non-hydrogen) atoms. The Morgan fingerprint density at radius 1 is 1.28 bits per heavy atom. The Balaban J connectivity index is 1.50. The van der Waals surface area contributed by atoms with Crippen molar-refractivity contribution in [1.82, 2.24) is 19.2 Å². The molecule has 0 saturated heterocycles. The summed E-state index contributed by atoms with van der Waals surface area (Å²) in [5, 5.41) is 4.23. The van der Waals surface area contributed by atoms with Gasteiger partial charge < -0.3 is 9.64 Å². The van der Waals surface area contributed by atoms with E-state index in [0.29, 0.717) is 26.1 Å². The molecule has 0 fully saturated rings. The Morgan fingerprint density at radius 2 is 2.12 bits per heavy atom. The number of ether oxygens (including phenoxy) is 1. The standard InChI is InChI=1S/C18H22N4O3/c1-20-18(24)22-11-14(4-6-16(22)19-20)17(23)21-8-7-12-9-15(25-2)5-3-13(12)10-21/h3,5,9,14H,4,6-8,10-11H2,1-2H3/t14-/m1/s1. The molecule has 2 aromatic rings. The topological polar surface area (TPSA) is 69.4 Å². The Bertz CT molecular complexity index is 883. The van der Waals surface area contributed by atoms with Gasteiger partial charge in [0.1, 0.15) is 11.6 Å². The van der Waals surface area contributed by atoms with E-state index in [1.165, 1.54) is 15.8 Å². The van der Waals surface area contributed by atoms with E-state index in [4.69, 9.17) is 4.74 Å². The number of fused-ring (bicyclic) bond motifs is 2. The summed E-state index contributed by atoms with van der Waals surface area (Å²) in [4.78, 5) is 27.0. The third-order valence-corrected chi connectivity index (χ3v) is 5.29. The van der Waals surface area contributed by atoms with Crippen LogP contribution in [0.5, 0.6) is 5.75 Å². The van der Waals surface area contributed by atoms with E-state index in [9.17, 15) is 9.59 Å². The predicted molar refractivity (Wildman–Crippen MR) is 91.4 cm³/mol. The van der Waals surface area contributed by atoms with Gasteiger partial charge in [-0.15, -0.1) is 0 Å². The van der Waals surface area contributed by atoms with E-state index in [1.54, 1.807) is 18.7 Å². The summed E-state index contributed by atoms with van der Waals surface area (Å²) in [5.74, 6) is 1.64. The molecule has 2 aliphatic rings. The van der Waals surface area contributed by atoms with Crippen molar-refractivity contribution in [2.45, 2.75) is 32.4 Å². The molecule has 0 saturated carbocycles. The Kier molecular flexibility index (Phi) is 3.86. The summed E-state index contributed by atoms with van der Waals surface area (Å²) >= 11 is 0. The lowest BCUT2D eigenvalue weighted by Crippen LogP contribution is -2.43. The molecule has 7 heteroatoms. The van der Waals surface area contributed by atoms with Crippen LogP contribution in [0.3, 0.4) is 0 Å². The molecular weight excluding hydrogens is 320 g/mol. The summed E-state index contributed by atoms with van der Waals surface area (Å²) in [6, 6.07) is 6.03. The van der Waals surface area contributed by atoms with Crippen LogP contribution in [0.15, 0.2) is 23.0 Å². The summed E-state index contributed by atoms with van der Waals surface area (Å²) in [6.07, 6.45) is 2.26. The second-order valence-corrected chi connectivity index (χ2v) is 6.81. The lowest BCUT2D eigenvalue weighted by atomic mass is 9.94. The molecule has 1 atom stereocenters. The number of hydrogen-bond acceptors (Lipinski definition) is 4. The second-order valence-electron chi connectivity index (χ2n) is 6.81. The third kappa shape index (κ3) is 2.73. The lowest BCUT2D eigenvalue weighted by molar-refractivity contribution is -0.137. The van der Waals surface area contributed by atoms with Crippen LogP contribution in [-0.4, -0.2) is 38.8 Å². The van der Waals surface area contributed by atoms with Gasteiger partial charge in [0.15, 0.2) is 0 Å². The average molecular weight is 342 g/mol. The molecule has 0 spiro atoms. The van der Waals surface area contributed by atoms with Crippen molar-refractivity contribution < 1.29 is 9.53 Å². The molecule has 0 unspecified atom stereocenters. The van der Waals surface area contributed by atoms with Gasteiger partial charge in [-0.05, 0) is 36.1 Å². The van der Waals surface area contributed by atoms with E-state index in [0.717, 1.165) is 24.4 Å². The number of nitrogens with zero attached hydrogens (tertiary/aromatic N) is 4. The van der Waals surface area contributed by atoms with Gasteiger partial charge in [0.25, 0.3) is 0 Å². The van der Waals surface area contributed by atoms with Crippen molar-refractivity contribution in [2.75, 3.05) is 13.7 Å². The molecule has 2 aliphatic heterocycles. The van der Waals surface area contributed by atoms with Gasteiger partial charge >= 0.3 is 5.69 Å². The van der Waals surface area contributed by atoms with Gasteiger partial charge in [0.05, 0.1) is 13.0 Å². The molecule has 1 aromatic carbocycles. The Morgan fingerprint density at radius 3 is 2.92 bits per heavy atom. The Hall–Kier alpha value is -2.57. The van der Waals surface area contributed by atoms with Crippen molar-refractivity contribution in [2.24, 2.45) is 13.0 Å². The smallest absolute Gasteiger partial charge is 0.345 e. The van der Waals surface area contributed by atoms with Crippen LogP contribution >= 0.6 is 0 Å². The quantitative estimate of drug-likeness (QED) is 0.807. The van der Waals surface area contributed by atoms with Gasteiger partial charge in [0.2, 0.25) is 5.91 Å². The van der Waals surface area contributed by atoms with Crippen molar-refractivity contribution in [1.29, 1.82) is 0 Å². The first-order chi connectivity index (χ1) is 12.1. The third-order valence-electron chi connectivity index (χ3n) is 5.29. The minimum absolute atomic E-state index is 0.136. The molecule has 3 heterocycles. The molecule has 1 aromatic heterocycles. The minimum Gasteiger partial charge on any atom is -0.497 e. The summed E-state index contributed by atoms with van der Waals surface area (Å²) in [5.41, 5.74) is 2.29. The van der Waals surface area contributed by atoms with Crippen LogP contribution in [0.25, 0.3) is 0 Å². The number of carbonyl (C=O) groups excluding carboxylic acids is 1. The fourth-order valence-corrected chi connectivity index (χ4v) is 3.84. The first-order valence-electron chi connectivity index (χ1n) is 8.64. The van der Waals surface area contributed by atoms with Crippen LogP contribution < -0.4 is 10.4 Å². The van der Waals surface area contributed by atoms with Crippen LogP contribution in [-0.2, 0) is 37.8 Å². The number of rotatable bonds is 2. The van der Waals surface area contributed by atoms with E-state index in [1.807, 2.05) is 17.0 Å². The zero-order chi connectivity index (χ0) is 17.6. The number of aryl methyl sites for hydroxylation is 2. The molecular formula is C18H22N4O3. The molecule has 1 amide bonds. The van der Waals surface area contributed by atoms with Crippen LogP contribution in [0.1, 0.15) is 23.4 Å². The predicted octanol–water partition coefficient (Wildman–Crippen LogP) is 0.738. The SMILES string of the molecule is COc1ccc2c(c1)CCN(C(=O)[C@@H]1CCc3nn(C)c(=O)n3C1)C2. The maximum atomic E-state index is 13.0. The first-order valence-corrected chi connectivity index (χ1v) is 8.64. The lowest BCUT2D eigenvalue weighted by Gasteiger charge is -2.33. The molecule has 0 radical (unpaired) electrons. The Labute approximate surface area is 145 Å². The number of hydrogen-bond donors (Lipinski definition) is 0. The second kappa shape index (κ2) is 6.06. The number of benzene rings is 1. The average Bonchev–Trinajstić information content (AvgIpc) is 2.94.